The molecule has 0 aliphatic carbocycles. The van der Waals surface area contributed by atoms with E-state index in [0.29, 0.717) is 12.1 Å². The Bertz CT molecular complexity index is 268. The second-order valence-electron chi connectivity index (χ2n) is 2.62. The predicted molar refractivity (Wildman–Crippen MR) is 45.2 cm³/mol. The quantitative estimate of drug-likeness (QED) is 0.646. The first-order valence-corrected chi connectivity index (χ1v) is 3.52. The molecule has 0 amide bonds. The highest BCUT2D eigenvalue weighted by molar-refractivity contribution is 5.78. The molecule has 0 atom stereocenters. The standard InChI is InChI=1S/C9H11NO/c1-7(11)5-8-3-2-4-9(10)6-8/h2-4,6H,5,10H2,1H3. The maximum atomic E-state index is 10.7. The third kappa shape index (κ3) is 2.42. The van der Waals surface area contributed by atoms with Crippen molar-refractivity contribution in [3.05, 3.63) is 29.8 Å². The van der Waals surface area contributed by atoms with Crippen molar-refractivity contribution in [2.45, 2.75) is 13.3 Å². The van der Waals surface area contributed by atoms with Crippen molar-refractivity contribution in [3.63, 3.8) is 0 Å². The van der Waals surface area contributed by atoms with Gasteiger partial charge in [-0.25, -0.2) is 0 Å². The summed E-state index contributed by atoms with van der Waals surface area (Å²) >= 11 is 0. The zero-order valence-corrected chi connectivity index (χ0v) is 6.50. The summed E-state index contributed by atoms with van der Waals surface area (Å²) < 4.78 is 0. The van der Waals surface area contributed by atoms with E-state index >= 15 is 0 Å². The van der Waals surface area contributed by atoms with E-state index in [1.807, 2.05) is 24.3 Å². The average Bonchev–Trinajstić information content (AvgIpc) is 1.85. The van der Waals surface area contributed by atoms with Crippen molar-refractivity contribution in [2.75, 3.05) is 5.73 Å². The largest absolute Gasteiger partial charge is 0.399 e. The molecule has 1 aromatic rings. The molecule has 1 aromatic carbocycles. The number of rotatable bonds is 2. The summed E-state index contributed by atoms with van der Waals surface area (Å²) in [4.78, 5) is 10.7. The number of Topliss-reactive ketones (excluding diaryl/α,β-unsaturated/α-hetero) is 1. The van der Waals surface area contributed by atoms with Crippen molar-refractivity contribution >= 4 is 11.5 Å². The van der Waals surface area contributed by atoms with Crippen LogP contribution in [0, 0.1) is 0 Å². The Morgan fingerprint density at radius 3 is 2.82 bits per heavy atom. The smallest absolute Gasteiger partial charge is 0.134 e. The number of benzene rings is 1. The first-order valence-electron chi connectivity index (χ1n) is 3.52. The van der Waals surface area contributed by atoms with Gasteiger partial charge in [-0.2, -0.15) is 0 Å². The molecule has 2 N–H and O–H groups in total. The zero-order valence-electron chi connectivity index (χ0n) is 6.50. The van der Waals surface area contributed by atoms with Crippen LogP contribution in [0.15, 0.2) is 24.3 Å². The Labute approximate surface area is 66.0 Å². The summed E-state index contributed by atoms with van der Waals surface area (Å²) in [7, 11) is 0. The van der Waals surface area contributed by atoms with Gasteiger partial charge in [0.05, 0.1) is 0 Å². The van der Waals surface area contributed by atoms with E-state index in [9.17, 15) is 4.79 Å². The maximum absolute atomic E-state index is 10.7. The molecule has 0 fully saturated rings. The second-order valence-corrected chi connectivity index (χ2v) is 2.62. The number of hydrogen-bond donors (Lipinski definition) is 1. The van der Waals surface area contributed by atoms with Crippen molar-refractivity contribution in [1.29, 1.82) is 0 Å². The molecular formula is C9H11NO. The molecule has 0 heterocycles. The van der Waals surface area contributed by atoms with E-state index in [1.165, 1.54) is 0 Å². The molecule has 2 nitrogen and oxygen atoms in total. The molecule has 0 spiro atoms. The molecule has 0 aromatic heterocycles. The van der Waals surface area contributed by atoms with Crippen molar-refractivity contribution in [1.82, 2.24) is 0 Å². The van der Waals surface area contributed by atoms with Crippen LogP contribution in [0.2, 0.25) is 0 Å². The van der Waals surface area contributed by atoms with Gasteiger partial charge in [0.2, 0.25) is 0 Å². The number of carbonyl (C=O) groups is 1. The van der Waals surface area contributed by atoms with Crippen LogP contribution in [0.3, 0.4) is 0 Å². The number of nitrogens with two attached hydrogens (primary N) is 1. The van der Waals surface area contributed by atoms with Gasteiger partial charge in [0.25, 0.3) is 0 Å². The van der Waals surface area contributed by atoms with E-state index in [2.05, 4.69) is 0 Å². The van der Waals surface area contributed by atoms with E-state index in [0.717, 1.165) is 5.56 Å². The molecule has 2 heteroatoms. The lowest BCUT2D eigenvalue weighted by atomic mass is 10.1. The molecule has 58 valence electrons. The van der Waals surface area contributed by atoms with E-state index in [-0.39, 0.29) is 5.78 Å². The SMILES string of the molecule is CC(=O)Cc1cccc(N)c1. The molecule has 0 saturated heterocycles. The van der Waals surface area contributed by atoms with E-state index in [1.54, 1.807) is 6.92 Å². The lowest BCUT2D eigenvalue weighted by molar-refractivity contribution is -0.116. The molecule has 11 heavy (non-hydrogen) atoms. The molecule has 1 rings (SSSR count). The highest BCUT2D eigenvalue weighted by Gasteiger charge is 1.96. The Balaban J connectivity index is 2.79. The Morgan fingerprint density at radius 1 is 1.55 bits per heavy atom. The summed E-state index contributed by atoms with van der Waals surface area (Å²) in [5.74, 6) is 0.163. The fourth-order valence-corrected chi connectivity index (χ4v) is 0.991. The van der Waals surface area contributed by atoms with Crippen molar-refractivity contribution < 1.29 is 4.79 Å². The van der Waals surface area contributed by atoms with Crippen LogP contribution in [-0.4, -0.2) is 5.78 Å². The van der Waals surface area contributed by atoms with Crippen molar-refractivity contribution in [3.8, 4) is 0 Å². The van der Waals surface area contributed by atoms with Crippen LogP contribution >= 0.6 is 0 Å². The predicted octanol–water partition coefficient (Wildman–Crippen LogP) is 1.40. The van der Waals surface area contributed by atoms with Gasteiger partial charge in [-0.3, -0.25) is 4.79 Å². The Kier molecular flexibility index (Phi) is 2.26. The summed E-state index contributed by atoms with van der Waals surface area (Å²) in [5, 5.41) is 0. The summed E-state index contributed by atoms with van der Waals surface area (Å²) in [6, 6.07) is 7.39. The minimum absolute atomic E-state index is 0.163. The normalized spacial score (nSPS) is 9.55. The number of ketones is 1. The second kappa shape index (κ2) is 3.19. The number of hydrogen-bond acceptors (Lipinski definition) is 2. The molecule has 0 saturated carbocycles. The van der Waals surface area contributed by atoms with Gasteiger partial charge in [0, 0.05) is 12.1 Å². The van der Waals surface area contributed by atoms with Gasteiger partial charge >= 0.3 is 0 Å². The minimum Gasteiger partial charge on any atom is -0.399 e. The maximum Gasteiger partial charge on any atom is 0.134 e. The molecule has 0 unspecified atom stereocenters. The van der Waals surface area contributed by atoms with Gasteiger partial charge in [-0.15, -0.1) is 0 Å². The highest BCUT2D eigenvalue weighted by Crippen LogP contribution is 2.06. The lowest BCUT2D eigenvalue weighted by Gasteiger charge is -1.97. The summed E-state index contributed by atoms with van der Waals surface area (Å²) in [5.41, 5.74) is 7.22. The van der Waals surface area contributed by atoms with Gasteiger partial charge in [0.15, 0.2) is 0 Å². The van der Waals surface area contributed by atoms with Crippen molar-refractivity contribution in [2.24, 2.45) is 0 Å². The third-order valence-electron chi connectivity index (χ3n) is 1.40. The summed E-state index contributed by atoms with van der Waals surface area (Å²) in [6.07, 6.45) is 0.477. The minimum atomic E-state index is 0.163. The van der Waals surface area contributed by atoms with Crippen LogP contribution in [-0.2, 0) is 11.2 Å². The van der Waals surface area contributed by atoms with Crippen LogP contribution in [0.1, 0.15) is 12.5 Å². The summed E-state index contributed by atoms with van der Waals surface area (Å²) in [6.45, 7) is 1.57. The molecule has 0 bridgehead atoms. The van der Waals surface area contributed by atoms with Gasteiger partial charge in [-0.05, 0) is 24.6 Å². The fourth-order valence-electron chi connectivity index (χ4n) is 0.991. The Morgan fingerprint density at radius 2 is 2.27 bits per heavy atom. The molecule has 0 radical (unpaired) electrons. The number of anilines is 1. The van der Waals surface area contributed by atoms with E-state index < -0.39 is 0 Å². The average molecular weight is 149 g/mol. The first kappa shape index (κ1) is 7.79. The van der Waals surface area contributed by atoms with Crippen LogP contribution < -0.4 is 5.73 Å². The number of nitrogen functional groups attached to an aromatic ring is 1. The molecular weight excluding hydrogens is 138 g/mol. The zero-order chi connectivity index (χ0) is 8.27. The third-order valence-corrected chi connectivity index (χ3v) is 1.40. The first-order chi connectivity index (χ1) is 5.18. The van der Waals surface area contributed by atoms with E-state index in [4.69, 9.17) is 5.73 Å². The van der Waals surface area contributed by atoms with Gasteiger partial charge in [-0.1, -0.05) is 12.1 Å². The Hall–Kier alpha value is -1.31. The monoisotopic (exact) mass is 149 g/mol. The number of carbonyl (C=O) groups excluding carboxylic acids is 1. The molecule has 0 aliphatic rings. The topological polar surface area (TPSA) is 43.1 Å². The lowest BCUT2D eigenvalue weighted by Crippen LogP contribution is -1.96. The van der Waals surface area contributed by atoms with Gasteiger partial charge in [0.1, 0.15) is 5.78 Å². The molecule has 0 aliphatic heterocycles. The van der Waals surface area contributed by atoms with Crippen LogP contribution in [0.25, 0.3) is 0 Å². The fraction of sp³-hybridized carbons (Fsp3) is 0.222. The van der Waals surface area contributed by atoms with Crippen LogP contribution in [0.5, 0.6) is 0 Å². The highest BCUT2D eigenvalue weighted by atomic mass is 16.1. The van der Waals surface area contributed by atoms with Gasteiger partial charge < -0.3 is 5.73 Å². The van der Waals surface area contributed by atoms with Crippen LogP contribution in [0.4, 0.5) is 5.69 Å².